The molecule has 0 radical (unpaired) electrons. The number of rotatable bonds is 7. The molecule has 24 heavy (non-hydrogen) atoms. The fraction of sp³-hybridized carbons (Fsp3) is 0.294. The van der Waals surface area contributed by atoms with Crippen LogP contribution in [0.2, 0.25) is 0 Å². The van der Waals surface area contributed by atoms with E-state index in [-0.39, 0.29) is 11.9 Å². The summed E-state index contributed by atoms with van der Waals surface area (Å²) >= 11 is 0. The average Bonchev–Trinajstić information content (AvgIpc) is 2.55. The summed E-state index contributed by atoms with van der Waals surface area (Å²) in [6.07, 6.45) is 5.08. The maximum Gasteiger partial charge on any atom is 0.251 e. The molecule has 1 amide bonds. The second-order valence-electron chi connectivity index (χ2n) is 5.59. The van der Waals surface area contributed by atoms with Crippen LogP contribution >= 0.6 is 0 Å². The van der Waals surface area contributed by atoms with Crippen LogP contribution in [0.1, 0.15) is 34.5 Å². The van der Waals surface area contributed by atoms with Crippen LogP contribution in [0.25, 0.3) is 0 Å². The maximum absolute atomic E-state index is 12.3. The van der Waals surface area contributed by atoms with Gasteiger partial charge in [0.2, 0.25) is 10.0 Å². The number of carbonyl (C=O) groups excluding carboxylic acids is 1. The topological polar surface area (TPSA) is 88.2 Å². The lowest BCUT2D eigenvalue weighted by Crippen LogP contribution is -2.26. The van der Waals surface area contributed by atoms with E-state index >= 15 is 0 Å². The first-order valence-corrected chi connectivity index (χ1v) is 9.48. The molecule has 0 spiro atoms. The summed E-state index contributed by atoms with van der Waals surface area (Å²) in [7, 11) is -3.17. The fourth-order valence-corrected chi connectivity index (χ4v) is 2.69. The van der Waals surface area contributed by atoms with Gasteiger partial charge in [-0.2, -0.15) is 0 Å². The molecule has 0 bridgehead atoms. The SMILES string of the molecule is C[C@H](NC(=O)c1ccc(CCNS(C)(=O)=O)cc1)c1ccncc1. The first kappa shape index (κ1) is 18.1. The number of amides is 1. The highest BCUT2D eigenvalue weighted by Crippen LogP contribution is 2.12. The van der Waals surface area contributed by atoms with Gasteiger partial charge < -0.3 is 5.32 Å². The van der Waals surface area contributed by atoms with E-state index in [1.54, 1.807) is 24.5 Å². The van der Waals surface area contributed by atoms with Gasteiger partial charge in [0.25, 0.3) is 5.91 Å². The van der Waals surface area contributed by atoms with Crippen molar-refractivity contribution >= 4 is 15.9 Å². The summed E-state index contributed by atoms with van der Waals surface area (Å²) in [5, 5.41) is 2.94. The molecule has 6 nitrogen and oxygen atoms in total. The first-order valence-electron chi connectivity index (χ1n) is 7.59. The first-order chi connectivity index (χ1) is 11.3. The minimum absolute atomic E-state index is 0.112. The summed E-state index contributed by atoms with van der Waals surface area (Å²) < 4.78 is 24.5. The highest BCUT2D eigenvalue weighted by molar-refractivity contribution is 7.88. The summed E-state index contributed by atoms with van der Waals surface area (Å²) in [5.74, 6) is -0.153. The third-order valence-corrected chi connectivity index (χ3v) is 4.28. The largest absolute Gasteiger partial charge is 0.346 e. The van der Waals surface area contributed by atoms with Crippen molar-refractivity contribution in [3.05, 3.63) is 65.5 Å². The van der Waals surface area contributed by atoms with E-state index in [1.165, 1.54) is 0 Å². The third-order valence-electron chi connectivity index (χ3n) is 3.55. The Hall–Kier alpha value is -2.25. The number of aromatic nitrogens is 1. The van der Waals surface area contributed by atoms with Crippen molar-refractivity contribution in [2.24, 2.45) is 0 Å². The molecule has 0 fully saturated rings. The number of benzene rings is 1. The summed E-state index contributed by atoms with van der Waals surface area (Å²) in [6, 6.07) is 10.8. The molecule has 0 saturated heterocycles. The molecule has 1 atom stereocenters. The number of nitrogens with one attached hydrogen (secondary N) is 2. The maximum atomic E-state index is 12.3. The normalized spacial score (nSPS) is 12.6. The van der Waals surface area contributed by atoms with E-state index in [1.807, 2.05) is 31.2 Å². The Balaban J connectivity index is 1.91. The highest BCUT2D eigenvalue weighted by atomic mass is 32.2. The predicted octanol–water partition coefficient (Wildman–Crippen LogP) is 1.66. The number of carbonyl (C=O) groups is 1. The molecular formula is C17H21N3O3S. The second-order valence-corrected chi connectivity index (χ2v) is 7.42. The number of pyridine rings is 1. The lowest BCUT2D eigenvalue weighted by Gasteiger charge is -2.14. The molecule has 1 heterocycles. The van der Waals surface area contributed by atoms with Crippen molar-refractivity contribution in [1.29, 1.82) is 0 Å². The molecule has 0 unspecified atom stereocenters. The van der Waals surface area contributed by atoms with Gasteiger partial charge in [-0.3, -0.25) is 9.78 Å². The molecule has 0 saturated carbocycles. The Labute approximate surface area is 142 Å². The number of sulfonamides is 1. The monoisotopic (exact) mass is 347 g/mol. The Morgan fingerprint density at radius 2 is 1.75 bits per heavy atom. The Kier molecular flexibility index (Phi) is 6.05. The van der Waals surface area contributed by atoms with Crippen molar-refractivity contribution in [3.8, 4) is 0 Å². The van der Waals surface area contributed by atoms with E-state index in [9.17, 15) is 13.2 Å². The van der Waals surface area contributed by atoms with E-state index < -0.39 is 10.0 Å². The van der Waals surface area contributed by atoms with E-state index in [2.05, 4.69) is 15.0 Å². The van der Waals surface area contributed by atoms with Gasteiger partial charge in [0.05, 0.1) is 12.3 Å². The van der Waals surface area contributed by atoms with Gasteiger partial charge in [-0.05, 0) is 48.7 Å². The van der Waals surface area contributed by atoms with Crippen LogP contribution in [0.15, 0.2) is 48.8 Å². The van der Waals surface area contributed by atoms with Gasteiger partial charge in [-0.25, -0.2) is 13.1 Å². The van der Waals surface area contributed by atoms with Crippen LogP contribution in [-0.2, 0) is 16.4 Å². The van der Waals surface area contributed by atoms with Crippen molar-refractivity contribution < 1.29 is 13.2 Å². The molecule has 1 aromatic heterocycles. The van der Waals surface area contributed by atoms with Gasteiger partial charge in [0.15, 0.2) is 0 Å². The van der Waals surface area contributed by atoms with Crippen LogP contribution in [0.4, 0.5) is 0 Å². The lowest BCUT2D eigenvalue weighted by atomic mass is 10.1. The summed E-state index contributed by atoms with van der Waals surface area (Å²) in [5.41, 5.74) is 2.52. The van der Waals surface area contributed by atoms with Gasteiger partial charge in [-0.1, -0.05) is 12.1 Å². The zero-order valence-electron chi connectivity index (χ0n) is 13.7. The Morgan fingerprint density at radius 3 is 2.33 bits per heavy atom. The van der Waals surface area contributed by atoms with Gasteiger partial charge in [0.1, 0.15) is 0 Å². The van der Waals surface area contributed by atoms with Crippen molar-refractivity contribution in [2.75, 3.05) is 12.8 Å². The molecule has 0 aliphatic heterocycles. The van der Waals surface area contributed by atoms with Gasteiger partial charge in [0, 0.05) is 24.5 Å². The smallest absolute Gasteiger partial charge is 0.251 e. The number of hydrogen-bond donors (Lipinski definition) is 2. The molecule has 2 rings (SSSR count). The van der Waals surface area contributed by atoms with Gasteiger partial charge >= 0.3 is 0 Å². The Morgan fingerprint density at radius 1 is 1.12 bits per heavy atom. The minimum atomic E-state index is -3.17. The van der Waals surface area contributed by atoms with Crippen LogP contribution in [0, 0.1) is 0 Å². The van der Waals surface area contributed by atoms with E-state index in [0.29, 0.717) is 18.5 Å². The van der Waals surface area contributed by atoms with Gasteiger partial charge in [-0.15, -0.1) is 0 Å². The number of hydrogen-bond acceptors (Lipinski definition) is 4. The standard InChI is InChI=1S/C17H21N3O3S/c1-13(15-8-10-18-11-9-15)20-17(21)16-5-3-14(4-6-16)7-12-19-24(2,22)23/h3-6,8-11,13,19H,7,12H2,1-2H3,(H,20,21)/t13-/m0/s1. The molecule has 128 valence electrons. The van der Waals surface area contributed by atoms with Crippen LogP contribution < -0.4 is 10.0 Å². The molecule has 1 aromatic carbocycles. The summed E-state index contributed by atoms with van der Waals surface area (Å²) in [4.78, 5) is 16.2. The molecule has 2 aromatic rings. The molecule has 2 N–H and O–H groups in total. The third kappa shape index (κ3) is 5.75. The lowest BCUT2D eigenvalue weighted by molar-refractivity contribution is 0.0940. The molecule has 0 aliphatic rings. The number of nitrogens with zero attached hydrogens (tertiary/aromatic N) is 1. The quantitative estimate of drug-likeness (QED) is 0.797. The van der Waals surface area contributed by atoms with Crippen molar-refractivity contribution in [2.45, 2.75) is 19.4 Å². The zero-order valence-corrected chi connectivity index (χ0v) is 14.5. The van der Waals surface area contributed by atoms with Crippen molar-refractivity contribution in [3.63, 3.8) is 0 Å². The van der Waals surface area contributed by atoms with Crippen LogP contribution in [0.3, 0.4) is 0 Å². The highest BCUT2D eigenvalue weighted by Gasteiger charge is 2.11. The summed E-state index contributed by atoms with van der Waals surface area (Å²) in [6.45, 7) is 2.25. The average molecular weight is 347 g/mol. The molecular weight excluding hydrogens is 326 g/mol. The molecule has 7 heteroatoms. The van der Waals surface area contributed by atoms with E-state index in [0.717, 1.165) is 17.4 Å². The molecule has 0 aliphatic carbocycles. The fourth-order valence-electron chi connectivity index (χ4n) is 2.22. The van der Waals surface area contributed by atoms with Crippen LogP contribution in [0.5, 0.6) is 0 Å². The predicted molar refractivity (Wildman–Crippen MR) is 93.1 cm³/mol. The van der Waals surface area contributed by atoms with Crippen molar-refractivity contribution in [1.82, 2.24) is 15.0 Å². The Bertz CT molecular complexity index is 774. The van der Waals surface area contributed by atoms with E-state index in [4.69, 9.17) is 0 Å². The minimum Gasteiger partial charge on any atom is -0.346 e. The second kappa shape index (κ2) is 8.03. The van der Waals surface area contributed by atoms with Crippen LogP contribution in [-0.4, -0.2) is 32.1 Å². The zero-order chi connectivity index (χ0) is 17.6.